The number of benzene rings is 1. The van der Waals surface area contributed by atoms with Crippen LogP contribution in [0.2, 0.25) is 5.02 Å². The predicted molar refractivity (Wildman–Crippen MR) is 151 cm³/mol. The highest BCUT2D eigenvalue weighted by molar-refractivity contribution is 6.34. The minimum Gasteiger partial charge on any atom is -0.349 e. The number of rotatable bonds is 7. The van der Waals surface area contributed by atoms with Gasteiger partial charge in [0.1, 0.15) is 11.5 Å². The van der Waals surface area contributed by atoms with E-state index in [0.717, 1.165) is 25.6 Å². The number of carbonyl (C=O) groups excluding carboxylic acids is 3. The summed E-state index contributed by atoms with van der Waals surface area (Å²) in [6.07, 6.45) is 6.96. The quantitative estimate of drug-likeness (QED) is 0.463. The monoisotopic (exact) mass is 572 g/mol. The minimum atomic E-state index is -0.503. The maximum absolute atomic E-state index is 13.9. The lowest BCUT2D eigenvalue weighted by molar-refractivity contribution is -0.127. The van der Waals surface area contributed by atoms with Crippen LogP contribution in [0, 0.1) is 24.1 Å². The van der Waals surface area contributed by atoms with Crippen molar-refractivity contribution in [3.05, 3.63) is 46.3 Å². The zero-order chi connectivity index (χ0) is 28.4. The maximum atomic E-state index is 13.9. The average Bonchev–Trinajstić information content (AvgIpc) is 3.55. The third-order valence-corrected chi connectivity index (χ3v) is 9.28. The molecular weight excluding hydrogens is 535 g/mol. The molecule has 0 bridgehead atoms. The van der Waals surface area contributed by atoms with Crippen LogP contribution in [-0.4, -0.2) is 71.4 Å². The average molecular weight is 573 g/mol. The van der Waals surface area contributed by atoms with Crippen LogP contribution < -0.4 is 15.5 Å². The SMILES string of the molecule is Cc1cc(N2CCC3(CCC(NC(=O)c4nc[nH]c4C(=O)NCCN4CCC(C)CC4)CC3)C2=O)c(Cl)cc1F. The molecule has 3 fully saturated rings. The Bertz CT molecular complexity index is 1270. The molecule has 1 aromatic heterocycles. The number of piperidine rings is 1. The first-order valence-electron chi connectivity index (χ1n) is 14.3. The zero-order valence-electron chi connectivity index (χ0n) is 23.2. The molecule has 0 atom stereocenters. The van der Waals surface area contributed by atoms with Gasteiger partial charge >= 0.3 is 0 Å². The Balaban J connectivity index is 1.13. The highest BCUT2D eigenvalue weighted by Gasteiger charge is 2.49. The van der Waals surface area contributed by atoms with Crippen LogP contribution in [0.1, 0.15) is 78.4 Å². The maximum Gasteiger partial charge on any atom is 0.272 e. The summed E-state index contributed by atoms with van der Waals surface area (Å²) < 4.78 is 13.9. The predicted octanol–water partition coefficient (Wildman–Crippen LogP) is 4.07. The van der Waals surface area contributed by atoms with Gasteiger partial charge in [-0.1, -0.05) is 18.5 Å². The number of likely N-dealkylation sites (tertiary alicyclic amines) is 1. The van der Waals surface area contributed by atoms with Gasteiger partial charge in [0, 0.05) is 25.7 Å². The summed E-state index contributed by atoms with van der Waals surface area (Å²) in [7, 11) is 0. The van der Waals surface area contributed by atoms with Crippen LogP contribution in [0.4, 0.5) is 10.1 Å². The first-order chi connectivity index (χ1) is 19.2. The molecule has 1 spiro atoms. The largest absolute Gasteiger partial charge is 0.349 e. The van der Waals surface area contributed by atoms with Gasteiger partial charge < -0.3 is 25.4 Å². The van der Waals surface area contributed by atoms with E-state index >= 15 is 0 Å². The van der Waals surface area contributed by atoms with E-state index in [9.17, 15) is 18.8 Å². The molecule has 9 nitrogen and oxygen atoms in total. The molecule has 3 N–H and O–H groups in total. The summed E-state index contributed by atoms with van der Waals surface area (Å²) in [5.41, 5.74) is 0.728. The molecule has 2 aliphatic heterocycles. The molecule has 1 aromatic carbocycles. The Kier molecular flexibility index (Phi) is 8.47. The Hall–Kier alpha value is -2.98. The van der Waals surface area contributed by atoms with E-state index in [1.54, 1.807) is 17.9 Å². The Morgan fingerprint density at radius 1 is 1.12 bits per heavy atom. The van der Waals surface area contributed by atoms with Crippen molar-refractivity contribution in [3.63, 3.8) is 0 Å². The van der Waals surface area contributed by atoms with Crippen molar-refractivity contribution in [2.45, 2.75) is 64.8 Å². The molecule has 3 aliphatic rings. The van der Waals surface area contributed by atoms with E-state index < -0.39 is 17.1 Å². The number of H-pyrrole nitrogens is 1. The lowest BCUT2D eigenvalue weighted by Crippen LogP contribution is -2.44. The summed E-state index contributed by atoms with van der Waals surface area (Å²) >= 11 is 6.29. The van der Waals surface area contributed by atoms with Gasteiger partial charge in [-0.2, -0.15) is 0 Å². The van der Waals surface area contributed by atoms with Gasteiger partial charge in [-0.3, -0.25) is 14.4 Å². The molecule has 0 unspecified atom stereocenters. The van der Waals surface area contributed by atoms with Crippen LogP contribution in [0.25, 0.3) is 0 Å². The third kappa shape index (κ3) is 5.88. The third-order valence-electron chi connectivity index (χ3n) is 8.98. The molecule has 11 heteroatoms. The number of halogens is 2. The van der Waals surface area contributed by atoms with Crippen molar-refractivity contribution in [3.8, 4) is 0 Å². The topological polar surface area (TPSA) is 110 Å². The molecule has 3 amide bonds. The number of carbonyl (C=O) groups is 3. The lowest BCUT2D eigenvalue weighted by atomic mass is 9.71. The van der Waals surface area contributed by atoms with Crippen molar-refractivity contribution < 1.29 is 18.8 Å². The second-order valence-corrected chi connectivity index (χ2v) is 12.1. The molecule has 40 heavy (non-hydrogen) atoms. The molecule has 0 radical (unpaired) electrons. The second kappa shape index (κ2) is 11.9. The van der Waals surface area contributed by atoms with E-state index in [1.807, 2.05) is 0 Å². The molecule has 2 aromatic rings. The summed E-state index contributed by atoms with van der Waals surface area (Å²) in [6, 6.07) is 2.77. The van der Waals surface area contributed by atoms with Gasteiger partial charge in [0.05, 0.1) is 22.5 Å². The number of hydrogen-bond donors (Lipinski definition) is 3. The molecule has 1 aliphatic carbocycles. The van der Waals surface area contributed by atoms with Gasteiger partial charge in [0.15, 0.2) is 5.69 Å². The standard InChI is InChI=1S/C29H38ClFN6O3/c1-18-5-11-36(12-6-18)14-10-32-26(38)24-25(34-17-33-24)27(39)35-20-3-7-29(8-4-20)9-13-37(28(29)40)23-15-19(2)22(31)16-21(23)30/h15-18,20H,3-14H2,1-2H3,(H,32,38)(H,33,34)(H,35,39). The first kappa shape index (κ1) is 28.5. The fourth-order valence-corrected chi connectivity index (χ4v) is 6.53. The van der Waals surface area contributed by atoms with E-state index in [4.69, 9.17) is 11.6 Å². The number of aryl methyl sites for hydroxylation is 1. The van der Waals surface area contributed by atoms with Gasteiger partial charge in [0.2, 0.25) is 5.91 Å². The molecule has 5 rings (SSSR count). The fraction of sp³-hybridized carbons (Fsp3) is 0.586. The second-order valence-electron chi connectivity index (χ2n) is 11.7. The van der Waals surface area contributed by atoms with Crippen molar-refractivity contribution in [2.24, 2.45) is 11.3 Å². The van der Waals surface area contributed by atoms with Crippen LogP contribution in [0.3, 0.4) is 0 Å². The van der Waals surface area contributed by atoms with Gasteiger partial charge in [0.25, 0.3) is 11.8 Å². The summed E-state index contributed by atoms with van der Waals surface area (Å²) in [4.78, 5) is 50.3. The number of amides is 3. The Morgan fingerprint density at radius 3 is 2.58 bits per heavy atom. The molecule has 3 heterocycles. The van der Waals surface area contributed by atoms with Gasteiger partial charge in [-0.15, -0.1) is 0 Å². The van der Waals surface area contributed by atoms with E-state index in [2.05, 4.69) is 32.4 Å². The highest BCUT2D eigenvalue weighted by Crippen LogP contribution is 2.47. The summed E-state index contributed by atoms with van der Waals surface area (Å²) in [5, 5.41) is 6.15. The van der Waals surface area contributed by atoms with Crippen molar-refractivity contribution in [1.29, 1.82) is 0 Å². The fourth-order valence-electron chi connectivity index (χ4n) is 6.27. The number of imidazole rings is 1. The van der Waals surface area contributed by atoms with Crippen LogP contribution in [-0.2, 0) is 4.79 Å². The van der Waals surface area contributed by atoms with Gasteiger partial charge in [-0.25, -0.2) is 9.37 Å². The number of anilines is 1. The summed E-state index contributed by atoms with van der Waals surface area (Å²) in [5.74, 6) is -0.372. The number of aromatic amines is 1. The first-order valence-corrected chi connectivity index (χ1v) is 14.7. The van der Waals surface area contributed by atoms with Crippen molar-refractivity contribution >= 4 is 35.0 Å². The smallest absolute Gasteiger partial charge is 0.272 e. The minimum absolute atomic E-state index is 0.00973. The normalized spacial score (nSPS) is 24.1. The van der Waals surface area contributed by atoms with E-state index in [0.29, 0.717) is 56.4 Å². The van der Waals surface area contributed by atoms with Crippen LogP contribution >= 0.6 is 11.6 Å². The lowest BCUT2D eigenvalue weighted by Gasteiger charge is -2.36. The molecule has 1 saturated carbocycles. The molecule has 2 saturated heterocycles. The van der Waals surface area contributed by atoms with Crippen LogP contribution in [0.15, 0.2) is 18.5 Å². The molecular formula is C29H38ClFN6O3. The zero-order valence-corrected chi connectivity index (χ0v) is 24.0. The van der Waals surface area contributed by atoms with E-state index in [1.165, 1.54) is 25.2 Å². The van der Waals surface area contributed by atoms with Crippen molar-refractivity contribution in [2.75, 3.05) is 37.6 Å². The van der Waals surface area contributed by atoms with Gasteiger partial charge in [-0.05, 0) is 88.6 Å². The van der Waals surface area contributed by atoms with Crippen LogP contribution in [0.5, 0.6) is 0 Å². The number of hydrogen-bond acceptors (Lipinski definition) is 5. The summed E-state index contributed by atoms with van der Waals surface area (Å²) in [6.45, 7) is 7.82. The molecule has 216 valence electrons. The Labute approximate surface area is 239 Å². The Morgan fingerprint density at radius 2 is 1.85 bits per heavy atom. The number of nitrogens with zero attached hydrogens (tertiary/aromatic N) is 3. The number of nitrogens with one attached hydrogen (secondary N) is 3. The van der Waals surface area contributed by atoms with Crippen molar-refractivity contribution in [1.82, 2.24) is 25.5 Å². The highest BCUT2D eigenvalue weighted by atomic mass is 35.5. The van der Waals surface area contributed by atoms with E-state index in [-0.39, 0.29) is 34.3 Å². The number of aromatic nitrogens is 2.